The third kappa shape index (κ3) is 4.44. The molecule has 2 aromatic rings. The highest BCUT2D eigenvalue weighted by Gasteiger charge is 2.24. The van der Waals surface area contributed by atoms with Crippen LogP contribution in [0.2, 0.25) is 0 Å². The molecule has 26 heavy (non-hydrogen) atoms. The summed E-state index contributed by atoms with van der Waals surface area (Å²) >= 11 is 0. The molecule has 0 radical (unpaired) electrons. The van der Waals surface area contributed by atoms with Crippen LogP contribution in [0.25, 0.3) is 0 Å². The van der Waals surface area contributed by atoms with Crippen LogP contribution in [0, 0.1) is 0 Å². The Morgan fingerprint density at radius 2 is 1.88 bits per heavy atom. The van der Waals surface area contributed by atoms with Crippen LogP contribution in [0.3, 0.4) is 0 Å². The first-order valence-corrected chi connectivity index (χ1v) is 9.53. The molecule has 0 aliphatic carbocycles. The zero-order valence-corrected chi connectivity index (χ0v) is 15.8. The van der Waals surface area contributed by atoms with E-state index in [1.807, 2.05) is 14.0 Å². The molecular weight excluding hydrogens is 322 g/mol. The van der Waals surface area contributed by atoms with Crippen molar-refractivity contribution in [1.82, 2.24) is 15.1 Å². The summed E-state index contributed by atoms with van der Waals surface area (Å²) in [7, 11) is 1.82. The van der Waals surface area contributed by atoms with E-state index in [0.717, 1.165) is 32.6 Å². The van der Waals surface area contributed by atoms with Gasteiger partial charge < -0.3 is 15.1 Å². The fourth-order valence-electron chi connectivity index (χ4n) is 3.60. The van der Waals surface area contributed by atoms with Crippen molar-refractivity contribution in [2.75, 3.05) is 39.8 Å². The molecule has 2 amide bonds. The maximum absolute atomic E-state index is 11.9. The number of fused-ring (bicyclic) bond motifs is 1. The van der Waals surface area contributed by atoms with Crippen LogP contribution in [0.5, 0.6) is 0 Å². The predicted octanol–water partition coefficient (Wildman–Crippen LogP) is 3.34. The smallest absolute Gasteiger partial charge is 0.317 e. The minimum Gasteiger partial charge on any atom is -0.337 e. The quantitative estimate of drug-likeness (QED) is 0.897. The summed E-state index contributed by atoms with van der Waals surface area (Å²) < 4.78 is 0. The maximum Gasteiger partial charge on any atom is 0.317 e. The summed E-state index contributed by atoms with van der Waals surface area (Å²) in [5.41, 5.74) is 4.25. The van der Waals surface area contributed by atoms with Crippen LogP contribution < -0.4 is 5.32 Å². The first kappa shape index (κ1) is 18.5. The monoisotopic (exact) mass is 351 g/mol. The number of rotatable bonds is 5. The molecule has 4 nitrogen and oxygen atoms in total. The Kier molecular flexibility index (Phi) is 6.29. The number of carbonyl (C=O) groups excluding carboxylic acids is 1. The van der Waals surface area contributed by atoms with E-state index in [-0.39, 0.29) is 6.03 Å². The van der Waals surface area contributed by atoms with Crippen molar-refractivity contribution < 1.29 is 4.79 Å². The van der Waals surface area contributed by atoms with Gasteiger partial charge in [-0.2, -0.15) is 0 Å². The van der Waals surface area contributed by atoms with Crippen LogP contribution >= 0.6 is 0 Å². The Hall–Kier alpha value is -2.33. The highest BCUT2D eigenvalue weighted by atomic mass is 16.2. The van der Waals surface area contributed by atoms with Crippen molar-refractivity contribution >= 4 is 6.03 Å². The first-order chi connectivity index (χ1) is 12.7. The van der Waals surface area contributed by atoms with Gasteiger partial charge in [0.15, 0.2) is 0 Å². The molecule has 1 aliphatic heterocycles. The van der Waals surface area contributed by atoms with Gasteiger partial charge in [-0.15, -0.1) is 0 Å². The molecule has 0 fully saturated rings. The molecule has 0 bridgehead atoms. The largest absolute Gasteiger partial charge is 0.337 e. The molecule has 1 atom stereocenters. The van der Waals surface area contributed by atoms with Crippen LogP contribution in [-0.2, 0) is 6.42 Å². The van der Waals surface area contributed by atoms with Crippen molar-refractivity contribution in [3.05, 3.63) is 71.3 Å². The minimum absolute atomic E-state index is 0.00483. The van der Waals surface area contributed by atoms with Crippen molar-refractivity contribution in [3.8, 4) is 0 Å². The molecule has 1 N–H and O–H groups in total. The third-order valence-corrected chi connectivity index (χ3v) is 5.30. The summed E-state index contributed by atoms with van der Waals surface area (Å²) in [5, 5.41) is 3.02. The Labute approximate surface area is 156 Å². The standard InChI is InChI=1S/C22H29N3O/c1-3-24(2)22(26)23-14-16-25-15-13-19-11-7-8-12-20(19)21(17-25)18-9-5-4-6-10-18/h4-12,21H,3,13-17H2,1-2H3,(H,23,26). The summed E-state index contributed by atoms with van der Waals surface area (Å²) in [4.78, 5) is 16.1. The van der Waals surface area contributed by atoms with Crippen LogP contribution in [0.1, 0.15) is 29.5 Å². The number of benzene rings is 2. The molecule has 0 saturated heterocycles. The SMILES string of the molecule is CCN(C)C(=O)NCCN1CCc2ccccc2C(c2ccccc2)C1. The Morgan fingerprint density at radius 3 is 2.65 bits per heavy atom. The molecule has 138 valence electrons. The predicted molar refractivity (Wildman–Crippen MR) is 107 cm³/mol. The van der Waals surface area contributed by atoms with Gasteiger partial charge in [0.1, 0.15) is 0 Å². The van der Waals surface area contributed by atoms with Gasteiger partial charge in [-0.25, -0.2) is 4.79 Å². The summed E-state index contributed by atoms with van der Waals surface area (Å²) in [6.07, 6.45) is 1.06. The number of urea groups is 1. The minimum atomic E-state index is 0.00483. The zero-order valence-electron chi connectivity index (χ0n) is 15.8. The number of amides is 2. The van der Waals surface area contributed by atoms with Crippen LogP contribution in [0.4, 0.5) is 4.79 Å². The lowest BCUT2D eigenvalue weighted by atomic mass is 9.88. The second-order valence-electron chi connectivity index (χ2n) is 6.96. The third-order valence-electron chi connectivity index (χ3n) is 5.30. The number of hydrogen-bond acceptors (Lipinski definition) is 2. The van der Waals surface area contributed by atoms with Crippen molar-refractivity contribution in [2.45, 2.75) is 19.3 Å². The van der Waals surface area contributed by atoms with E-state index in [0.29, 0.717) is 12.5 Å². The van der Waals surface area contributed by atoms with Gasteiger partial charge >= 0.3 is 6.03 Å². The van der Waals surface area contributed by atoms with Crippen LogP contribution in [-0.4, -0.2) is 55.6 Å². The second-order valence-corrected chi connectivity index (χ2v) is 6.96. The van der Waals surface area contributed by atoms with Gasteiger partial charge in [0.2, 0.25) is 0 Å². The summed E-state index contributed by atoms with van der Waals surface area (Å²) in [6.45, 7) is 6.28. The Bertz CT molecular complexity index is 716. The summed E-state index contributed by atoms with van der Waals surface area (Å²) in [5.74, 6) is 0.379. The zero-order chi connectivity index (χ0) is 18.4. The van der Waals surface area contributed by atoms with Crippen molar-refractivity contribution in [3.63, 3.8) is 0 Å². The first-order valence-electron chi connectivity index (χ1n) is 9.53. The van der Waals surface area contributed by atoms with E-state index < -0.39 is 0 Å². The van der Waals surface area contributed by atoms with E-state index in [1.54, 1.807) is 4.90 Å². The lowest BCUT2D eigenvalue weighted by Gasteiger charge is -2.26. The average Bonchev–Trinajstić information content (AvgIpc) is 2.88. The molecule has 1 aliphatic rings. The Balaban J connectivity index is 1.70. The molecule has 0 aromatic heterocycles. The molecular formula is C22H29N3O. The lowest BCUT2D eigenvalue weighted by Crippen LogP contribution is -2.42. The van der Waals surface area contributed by atoms with E-state index in [9.17, 15) is 4.79 Å². The molecule has 0 saturated carbocycles. The van der Waals surface area contributed by atoms with Crippen LogP contribution in [0.15, 0.2) is 54.6 Å². The van der Waals surface area contributed by atoms with E-state index >= 15 is 0 Å². The van der Waals surface area contributed by atoms with Gasteiger partial charge in [-0.05, 0) is 30.0 Å². The number of hydrogen-bond donors (Lipinski definition) is 1. The molecule has 1 heterocycles. The van der Waals surface area contributed by atoms with Gasteiger partial charge in [-0.1, -0.05) is 54.6 Å². The van der Waals surface area contributed by atoms with Gasteiger partial charge in [-0.3, -0.25) is 0 Å². The molecule has 1 unspecified atom stereocenters. The lowest BCUT2D eigenvalue weighted by molar-refractivity contribution is 0.207. The average molecular weight is 351 g/mol. The Morgan fingerprint density at radius 1 is 1.15 bits per heavy atom. The molecule has 3 rings (SSSR count). The van der Waals surface area contributed by atoms with E-state index in [2.05, 4.69) is 64.8 Å². The van der Waals surface area contributed by atoms with E-state index in [1.165, 1.54) is 16.7 Å². The maximum atomic E-state index is 11.9. The van der Waals surface area contributed by atoms with Crippen molar-refractivity contribution in [2.24, 2.45) is 0 Å². The fourth-order valence-corrected chi connectivity index (χ4v) is 3.60. The molecule has 0 spiro atoms. The van der Waals surface area contributed by atoms with Gasteiger partial charge in [0.05, 0.1) is 0 Å². The van der Waals surface area contributed by atoms with Gasteiger partial charge in [0, 0.05) is 45.7 Å². The molecule has 4 heteroatoms. The number of nitrogens with zero attached hydrogens (tertiary/aromatic N) is 2. The topological polar surface area (TPSA) is 35.6 Å². The number of carbonyl (C=O) groups is 1. The van der Waals surface area contributed by atoms with E-state index in [4.69, 9.17) is 0 Å². The number of nitrogens with one attached hydrogen (secondary N) is 1. The highest BCUT2D eigenvalue weighted by Crippen LogP contribution is 2.31. The molecule has 2 aromatic carbocycles. The fraction of sp³-hybridized carbons (Fsp3) is 0.409. The second kappa shape index (κ2) is 8.86. The summed E-state index contributed by atoms with van der Waals surface area (Å²) in [6, 6.07) is 19.6. The van der Waals surface area contributed by atoms with Crippen molar-refractivity contribution in [1.29, 1.82) is 0 Å². The van der Waals surface area contributed by atoms with Gasteiger partial charge in [0.25, 0.3) is 0 Å². The highest BCUT2D eigenvalue weighted by molar-refractivity contribution is 5.73. The normalized spacial score (nSPS) is 17.2.